The fraction of sp³-hybridized carbons (Fsp3) is 0.350. The molecule has 6 nitrogen and oxygen atoms in total. The van der Waals surface area contributed by atoms with E-state index in [-0.39, 0.29) is 17.0 Å². The maximum Gasteiger partial charge on any atom is 0.341 e. The van der Waals surface area contributed by atoms with Crippen molar-refractivity contribution in [1.29, 1.82) is 0 Å². The van der Waals surface area contributed by atoms with Crippen LogP contribution in [0.3, 0.4) is 0 Å². The van der Waals surface area contributed by atoms with Crippen LogP contribution < -0.4 is 10.6 Å². The van der Waals surface area contributed by atoms with Gasteiger partial charge in [-0.3, -0.25) is 10.1 Å². The summed E-state index contributed by atoms with van der Waals surface area (Å²) in [5.41, 5.74) is 1.58. The highest BCUT2D eigenvalue weighted by molar-refractivity contribution is 7.80. The molecule has 8 heteroatoms. The fourth-order valence-corrected chi connectivity index (χ4v) is 4.71. The van der Waals surface area contributed by atoms with Crippen molar-refractivity contribution in [3.63, 3.8) is 0 Å². The highest BCUT2D eigenvalue weighted by atomic mass is 32.1. The SMILES string of the molecule is COC(=O)c1c(NC(=S)NC(=O)/C=C/c2ccco2)sc2c1CCCCCC2. The smallest absolute Gasteiger partial charge is 0.341 e. The number of ether oxygens (including phenoxy) is 1. The second-order valence-electron chi connectivity index (χ2n) is 6.41. The van der Waals surface area contributed by atoms with E-state index < -0.39 is 0 Å². The van der Waals surface area contributed by atoms with E-state index in [9.17, 15) is 9.59 Å². The fourth-order valence-electron chi connectivity index (χ4n) is 3.16. The molecular formula is C20H22N2O4S2. The topological polar surface area (TPSA) is 80.6 Å². The molecule has 0 fully saturated rings. The summed E-state index contributed by atoms with van der Waals surface area (Å²) in [4.78, 5) is 25.6. The molecule has 1 aliphatic rings. The predicted molar refractivity (Wildman–Crippen MR) is 114 cm³/mol. The molecule has 0 saturated heterocycles. The number of furan rings is 1. The molecule has 0 saturated carbocycles. The maximum absolute atomic E-state index is 12.4. The number of hydrogen-bond acceptors (Lipinski definition) is 6. The van der Waals surface area contributed by atoms with Crippen molar-refractivity contribution >= 4 is 51.6 Å². The van der Waals surface area contributed by atoms with Crippen molar-refractivity contribution in [3.05, 3.63) is 46.2 Å². The van der Waals surface area contributed by atoms with Gasteiger partial charge in [0.15, 0.2) is 5.11 Å². The summed E-state index contributed by atoms with van der Waals surface area (Å²) in [6, 6.07) is 3.48. The minimum absolute atomic E-state index is 0.133. The summed E-state index contributed by atoms with van der Waals surface area (Å²) >= 11 is 6.77. The molecule has 2 aromatic heterocycles. The number of rotatable bonds is 4. The van der Waals surface area contributed by atoms with Gasteiger partial charge in [0.25, 0.3) is 0 Å². The van der Waals surface area contributed by atoms with Gasteiger partial charge in [-0.2, -0.15) is 0 Å². The molecule has 2 aromatic rings. The Bertz CT molecular complexity index is 884. The molecule has 0 bridgehead atoms. The largest absolute Gasteiger partial charge is 0.465 e. The molecule has 28 heavy (non-hydrogen) atoms. The summed E-state index contributed by atoms with van der Waals surface area (Å²) in [7, 11) is 1.37. The number of hydrogen-bond donors (Lipinski definition) is 2. The van der Waals surface area contributed by atoms with E-state index in [4.69, 9.17) is 21.4 Å². The molecule has 1 amide bonds. The Morgan fingerprint density at radius 2 is 2.04 bits per heavy atom. The molecule has 2 heterocycles. The Hall–Kier alpha value is -2.45. The third kappa shape index (κ3) is 5.08. The molecule has 0 atom stereocenters. The van der Waals surface area contributed by atoms with Crippen molar-refractivity contribution in [2.24, 2.45) is 0 Å². The minimum atomic E-state index is -0.386. The number of anilines is 1. The summed E-state index contributed by atoms with van der Waals surface area (Å²) in [5, 5.41) is 6.35. The molecule has 0 aliphatic heterocycles. The van der Waals surface area contributed by atoms with Gasteiger partial charge >= 0.3 is 5.97 Å². The van der Waals surface area contributed by atoms with Crippen LogP contribution in [0.25, 0.3) is 6.08 Å². The standard InChI is InChI=1S/C20H22N2O4S2/c1-25-19(24)17-14-8-4-2-3-5-9-15(14)28-18(17)22-20(27)21-16(23)11-10-13-7-6-12-26-13/h6-7,10-12H,2-5,8-9H2,1H3,(H2,21,22,23,27)/b11-10+. The molecule has 3 rings (SSSR count). The number of carbonyl (C=O) groups excluding carboxylic acids is 2. The molecule has 0 spiro atoms. The normalized spacial score (nSPS) is 14.0. The van der Waals surface area contributed by atoms with Gasteiger partial charge in [0, 0.05) is 11.0 Å². The van der Waals surface area contributed by atoms with E-state index in [0.717, 1.165) is 37.7 Å². The van der Waals surface area contributed by atoms with Gasteiger partial charge < -0.3 is 14.5 Å². The second kappa shape index (κ2) is 9.66. The van der Waals surface area contributed by atoms with Crippen LogP contribution in [0.4, 0.5) is 5.00 Å². The van der Waals surface area contributed by atoms with Crippen LogP contribution in [0.1, 0.15) is 52.2 Å². The molecular weight excluding hydrogens is 396 g/mol. The minimum Gasteiger partial charge on any atom is -0.465 e. The zero-order valence-electron chi connectivity index (χ0n) is 15.6. The van der Waals surface area contributed by atoms with Gasteiger partial charge in [-0.05, 0) is 61.7 Å². The number of carbonyl (C=O) groups is 2. The average molecular weight is 419 g/mol. The van der Waals surface area contributed by atoms with Crippen molar-refractivity contribution in [2.75, 3.05) is 12.4 Å². The molecule has 1 aliphatic carbocycles. The van der Waals surface area contributed by atoms with Crippen LogP contribution in [-0.4, -0.2) is 24.1 Å². The van der Waals surface area contributed by atoms with Gasteiger partial charge in [-0.1, -0.05) is 12.8 Å². The number of thiophene rings is 1. The van der Waals surface area contributed by atoms with Crippen LogP contribution in [0, 0.1) is 0 Å². The summed E-state index contributed by atoms with van der Waals surface area (Å²) in [6.45, 7) is 0. The first-order valence-electron chi connectivity index (χ1n) is 9.15. The molecule has 0 unspecified atom stereocenters. The third-order valence-corrected chi connectivity index (χ3v) is 5.88. The summed E-state index contributed by atoms with van der Waals surface area (Å²) in [5.74, 6) is -0.198. The van der Waals surface area contributed by atoms with Crippen LogP contribution in [0.15, 0.2) is 28.9 Å². The van der Waals surface area contributed by atoms with Crippen LogP contribution in [0.5, 0.6) is 0 Å². The lowest BCUT2D eigenvalue weighted by Gasteiger charge is -2.11. The van der Waals surface area contributed by atoms with Gasteiger partial charge in [-0.15, -0.1) is 11.3 Å². The second-order valence-corrected chi connectivity index (χ2v) is 7.92. The maximum atomic E-state index is 12.4. The van der Waals surface area contributed by atoms with Crippen LogP contribution in [0.2, 0.25) is 0 Å². The van der Waals surface area contributed by atoms with E-state index in [1.165, 1.54) is 42.1 Å². The predicted octanol–water partition coefficient (Wildman–Crippen LogP) is 4.31. The zero-order chi connectivity index (χ0) is 19.9. The molecule has 0 radical (unpaired) electrons. The van der Waals surface area contributed by atoms with E-state index in [0.29, 0.717) is 16.3 Å². The Kier molecular flexibility index (Phi) is 7.00. The first kappa shape index (κ1) is 20.3. The van der Waals surface area contributed by atoms with Crippen LogP contribution in [-0.2, 0) is 22.4 Å². The summed E-state index contributed by atoms with van der Waals surface area (Å²) < 4.78 is 10.1. The molecule has 0 aromatic carbocycles. The molecule has 2 N–H and O–H groups in total. The average Bonchev–Trinajstić information content (AvgIpc) is 3.27. The Balaban J connectivity index is 1.73. The number of amides is 1. The number of aryl methyl sites for hydroxylation is 1. The Morgan fingerprint density at radius 3 is 2.75 bits per heavy atom. The molecule has 148 valence electrons. The lowest BCUT2D eigenvalue weighted by molar-refractivity contribution is -0.115. The lowest BCUT2D eigenvalue weighted by Crippen LogP contribution is -2.33. The van der Waals surface area contributed by atoms with Crippen molar-refractivity contribution < 1.29 is 18.7 Å². The number of thiocarbonyl (C=S) groups is 1. The lowest BCUT2D eigenvalue weighted by atomic mass is 9.96. The quantitative estimate of drug-likeness (QED) is 0.437. The number of methoxy groups -OCH3 is 1. The zero-order valence-corrected chi connectivity index (χ0v) is 17.2. The Labute approximate surface area is 173 Å². The van der Waals surface area contributed by atoms with Crippen LogP contribution >= 0.6 is 23.6 Å². The van der Waals surface area contributed by atoms with Crippen molar-refractivity contribution in [1.82, 2.24) is 5.32 Å². The van der Waals surface area contributed by atoms with Crippen molar-refractivity contribution in [3.8, 4) is 0 Å². The highest BCUT2D eigenvalue weighted by Crippen LogP contribution is 2.37. The van der Waals surface area contributed by atoms with Gasteiger partial charge in [0.1, 0.15) is 10.8 Å². The van der Waals surface area contributed by atoms with E-state index >= 15 is 0 Å². The van der Waals surface area contributed by atoms with Gasteiger partial charge in [-0.25, -0.2) is 4.79 Å². The van der Waals surface area contributed by atoms with Crippen molar-refractivity contribution in [2.45, 2.75) is 38.5 Å². The van der Waals surface area contributed by atoms with Gasteiger partial charge in [0.05, 0.1) is 18.9 Å². The van der Waals surface area contributed by atoms with E-state index in [1.54, 1.807) is 18.2 Å². The summed E-state index contributed by atoms with van der Waals surface area (Å²) in [6.07, 6.45) is 10.7. The first-order chi connectivity index (χ1) is 13.6. The number of esters is 1. The Morgan fingerprint density at radius 1 is 1.25 bits per heavy atom. The van der Waals surface area contributed by atoms with E-state index in [2.05, 4.69) is 10.6 Å². The number of fused-ring (bicyclic) bond motifs is 1. The first-order valence-corrected chi connectivity index (χ1v) is 10.4. The van der Waals surface area contributed by atoms with E-state index in [1.807, 2.05) is 0 Å². The third-order valence-electron chi connectivity index (χ3n) is 4.47. The van der Waals surface area contributed by atoms with Gasteiger partial charge in [0.2, 0.25) is 5.91 Å². The highest BCUT2D eigenvalue weighted by Gasteiger charge is 2.25. The monoisotopic (exact) mass is 418 g/mol. The number of nitrogens with one attached hydrogen (secondary N) is 2.